The SMILES string of the molecule is Cc1ccc(C(CN)N2CC3CCCC3C2)cn1. The molecule has 0 spiro atoms. The van der Waals surface area contributed by atoms with Gasteiger partial charge in [-0.1, -0.05) is 12.5 Å². The summed E-state index contributed by atoms with van der Waals surface area (Å²) in [6.45, 7) is 5.20. The van der Waals surface area contributed by atoms with E-state index in [-0.39, 0.29) is 0 Å². The van der Waals surface area contributed by atoms with Crippen molar-refractivity contribution in [3.8, 4) is 0 Å². The van der Waals surface area contributed by atoms with Crippen molar-refractivity contribution in [1.29, 1.82) is 0 Å². The van der Waals surface area contributed by atoms with Gasteiger partial charge in [-0.05, 0) is 43.2 Å². The fraction of sp³-hybridized carbons (Fsp3) is 0.667. The number of likely N-dealkylation sites (tertiary alicyclic amines) is 1. The number of aromatic nitrogens is 1. The van der Waals surface area contributed by atoms with Crippen LogP contribution >= 0.6 is 0 Å². The number of hydrogen-bond donors (Lipinski definition) is 1. The van der Waals surface area contributed by atoms with E-state index < -0.39 is 0 Å². The molecule has 3 unspecified atom stereocenters. The third-order valence-corrected chi connectivity index (χ3v) is 4.74. The minimum atomic E-state index is 0.365. The Morgan fingerprint density at radius 1 is 1.33 bits per heavy atom. The van der Waals surface area contributed by atoms with Gasteiger partial charge in [0.1, 0.15) is 0 Å². The zero-order chi connectivity index (χ0) is 12.5. The van der Waals surface area contributed by atoms with Crippen LogP contribution in [0.15, 0.2) is 18.3 Å². The Morgan fingerprint density at radius 2 is 2.06 bits per heavy atom. The van der Waals surface area contributed by atoms with Crippen LogP contribution in [0.1, 0.15) is 36.6 Å². The number of nitrogens with zero attached hydrogens (tertiary/aromatic N) is 2. The van der Waals surface area contributed by atoms with E-state index in [9.17, 15) is 0 Å². The second kappa shape index (κ2) is 4.98. The molecule has 2 aliphatic rings. The Kier molecular flexibility index (Phi) is 3.35. The molecule has 1 aromatic heterocycles. The highest BCUT2D eigenvalue weighted by Crippen LogP contribution is 2.40. The van der Waals surface area contributed by atoms with Crippen molar-refractivity contribution in [2.45, 2.75) is 32.2 Å². The third-order valence-electron chi connectivity index (χ3n) is 4.74. The van der Waals surface area contributed by atoms with E-state index in [2.05, 4.69) is 22.0 Å². The normalized spacial score (nSPS) is 29.4. The number of fused-ring (bicyclic) bond motifs is 1. The Labute approximate surface area is 109 Å². The number of rotatable bonds is 3. The lowest BCUT2D eigenvalue weighted by atomic mass is 10.0. The van der Waals surface area contributed by atoms with E-state index in [4.69, 9.17) is 5.73 Å². The summed E-state index contributed by atoms with van der Waals surface area (Å²) in [5.74, 6) is 1.86. The largest absolute Gasteiger partial charge is 0.329 e. The molecule has 2 heterocycles. The molecular weight excluding hydrogens is 222 g/mol. The summed E-state index contributed by atoms with van der Waals surface area (Å²) < 4.78 is 0. The topological polar surface area (TPSA) is 42.1 Å². The predicted octanol–water partition coefficient (Wildman–Crippen LogP) is 2.12. The number of hydrogen-bond acceptors (Lipinski definition) is 3. The van der Waals surface area contributed by atoms with Crippen LogP contribution in [-0.4, -0.2) is 29.5 Å². The summed E-state index contributed by atoms with van der Waals surface area (Å²) in [5.41, 5.74) is 8.36. The van der Waals surface area contributed by atoms with E-state index in [0.29, 0.717) is 12.6 Å². The molecule has 18 heavy (non-hydrogen) atoms. The fourth-order valence-electron chi connectivity index (χ4n) is 3.70. The van der Waals surface area contributed by atoms with Gasteiger partial charge in [0.2, 0.25) is 0 Å². The lowest BCUT2D eigenvalue weighted by molar-refractivity contribution is 0.231. The lowest BCUT2D eigenvalue weighted by Crippen LogP contribution is -2.32. The standard InChI is InChI=1S/C15H23N3/c1-11-5-6-12(8-17-11)15(7-16)18-9-13-3-2-4-14(13)10-18/h5-6,8,13-15H,2-4,7,9-10,16H2,1H3. The smallest absolute Gasteiger partial charge is 0.0485 e. The number of pyridine rings is 1. The van der Waals surface area contributed by atoms with Crippen LogP contribution in [0.2, 0.25) is 0 Å². The first-order valence-corrected chi connectivity index (χ1v) is 7.14. The third kappa shape index (κ3) is 2.17. The summed E-state index contributed by atoms with van der Waals surface area (Å²) in [4.78, 5) is 6.99. The van der Waals surface area contributed by atoms with Crippen LogP contribution in [0.25, 0.3) is 0 Å². The molecule has 2 fully saturated rings. The van der Waals surface area contributed by atoms with Gasteiger partial charge < -0.3 is 5.73 Å². The van der Waals surface area contributed by atoms with E-state index in [0.717, 1.165) is 17.5 Å². The van der Waals surface area contributed by atoms with Crippen LogP contribution < -0.4 is 5.73 Å². The fourth-order valence-corrected chi connectivity index (χ4v) is 3.70. The van der Waals surface area contributed by atoms with Crippen molar-refractivity contribution in [2.75, 3.05) is 19.6 Å². The maximum atomic E-state index is 6.00. The van der Waals surface area contributed by atoms with Crippen molar-refractivity contribution in [1.82, 2.24) is 9.88 Å². The minimum absolute atomic E-state index is 0.365. The van der Waals surface area contributed by atoms with Gasteiger partial charge in [0.05, 0.1) is 0 Å². The quantitative estimate of drug-likeness (QED) is 0.887. The molecule has 3 heteroatoms. The molecule has 3 atom stereocenters. The average Bonchev–Trinajstić information content (AvgIpc) is 2.93. The van der Waals surface area contributed by atoms with Crippen molar-refractivity contribution >= 4 is 0 Å². The maximum Gasteiger partial charge on any atom is 0.0485 e. The molecule has 1 aromatic rings. The highest BCUT2D eigenvalue weighted by molar-refractivity contribution is 5.18. The Hall–Kier alpha value is -0.930. The molecule has 2 N–H and O–H groups in total. The molecule has 0 bridgehead atoms. The molecule has 98 valence electrons. The van der Waals surface area contributed by atoms with Crippen LogP contribution in [0.5, 0.6) is 0 Å². The molecule has 1 aliphatic heterocycles. The zero-order valence-corrected chi connectivity index (χ0v) is 11.2. The van der Waals surface area contributed by atoms with Gasteiger partial charge in [0.25, 0.3) is 0 Å². The summed E-state index contributed by atoms with van der Waals surface area (Å²) >= 11 is 0. The zero-order valence-electron chi connectivity index (χ0n) is 11.2. The summed E-state index contributed by atoms with van der Waals surface area (Å²) in [6.07, 6.45) is 6.28. The summed E-state index contributed by atoms with van der Waals surface area (Å²) in [5, 5.41) is 0. The van der Waals surface area contributed by atoms with E-state index >= 15 is 0 Å². The van der Waals surface area contributed by atoms with Crippen LogP contribution in [0.3, 0.4) is 0 Å². The Morgan fingerprint density at radius 3 is 2.61 bits per heavy atom. The Bertz CT molecular complexity index is 389. The first kappa shape index (κ1) is 12.1. The number of nitrogens with two attached hydrogens (primary N) is 1. The monoisotopic (exact) mass is 245 g/mol. The number of aryl methyl sites for hydroxylation is 1. The van der Waals surface area contributed by atoms with Gasteiger partial charge in [-0.25, -0.2) is 0 Å². The molecular formula is C15H23N3. The second-order valence-corrected chi connectivity index (χ2v) is 5.89. The van der Waals surface area contributed by atoms with Gasteiger partial charge in [0.15, 0.2) is 0 Å². The van der Waals surface area contributed by atoms with E-state index in [1.807, 2.05) is 13.1 Å². The van der Waals surface area contributed by atoms with Crippen molar-refractivity contribution in [2.24, 2.45) is 17.6 Å². The highest BCUT2D eigenvalue weighted by atomic mass is 15.2. The van der Waals surface area contributed by atoms with Gasteiger partial charge >= 0.3 is 0 Å². The maximum absolute atomic E-state index is 6.00. The van der Waals surface area contributed by atoms with Gasteiger partial charge in [-0.2, -0.15) is 0 Å². The average molecular weight is 245 g/mol. The van der Waals surface area contributed by atoms with Gasteiger partial charge in [-0.15, -0.1) is 0 Å². The van der Waals surface area contributed by atoms with Gasteiger partial charge in [0, 0.05) is 37.6 Å². The first-order chi connectivity index (χ1) is 8.78. The summed E-state index contributed by atoms with van der Waals surface area (Å²) in [6, 6.07) is 4.65. The van der Waals surface area contributed by atoms with Gasteiger partial charge in [-0.3, -0.25) is 9.88 Å². The van der Waals surface area contributed by atoms with Crippen LogP contribution in [0, 0.1) is 18.8 Å². The van der Waals surface area contributed by atoms with Crippen LogP contribution in [0.4, 0.5) is 0 Å². The van der Waals surface area contributed by atoms with E-state index in [1.54, 1.807) is 0 Å². The van der Waals surface area contributed by atoms with Crippen molar-refractivity contribution in [3.05, 3.63) is 29.6 Å². The molecule has 0 aromatic carbocycles. The summed E-state index contributed by atoms with van der Waals surface area (Å²) in [7, 11) is 0. The van der Waals surface area contributed by atoms with Crippen molar-refractivity contribution < 1.29 is 0 Å². The predicted molar refractivity (Wildman–Crippen MR) is 73.2 cm³/mol. The molecule has 3 rings (SSSR count). The van der Waals surface area contributed by atoms with E-state index in [1.165, 1.54) is 37.9 Å². The molecule has 1 saturated heterocycles. The Balaban J connectivity index is 1.75. The molecule has 0 radical (unpaired) electrons. The highest BCUT2D eigenvalue weighted by Gasteiger charge is 2.38. The molecule has 1 aliphatic carbocycles. The van der Waals surface area contributed by atoms with Crippen LogP contribution in [-0.2, 0) is 0 Å². The first-order valence-electron chi connectivity index (χ1n) is 7.14. The molecule has 1 saturated carbocycles. The van der Waals surface area contributed by atoms with Crippen molar-refractivity contribution in [3.63, 3.8) is 0 Å². The second-order valence-electron chi connectivity index (χ2n) is 5.89. The lowest BCUT2D eigenvalue weighted by Gasteiger charge is -2.27. The minimum Gasteiger partial charge on any atom is -0.329 e. The molecule has 0 amide bonds. The molecule has 3 nitrogen and oxygen atoms in total.